The van der Waals surface area contributed by atoms with Crippen LogP contribution in [-0.2, 0) is 4.74 Å². The highest BCUT2D eigenvalue weighted by atomic mass is 79.9. The van der Waals surface area contributed by atoms with Crippen molar-refractivity contribution in [3.63, 3.8) is 0 Å². The first-order valence-corrected chi connectivity index (χ1v) is 9.57. The number of carbonyl (C=O) groups is 1. The molecule has 1 aliphatic rings. The third-order valence-electron chi connectivity index (χ3n) is 4.06. The Morgan fingerprint density at radius 2 is 1.93 bits per heavy atom. The number of nitrogens with two attached hydrogens (primary N) is 1. The molecule has 10 heteroatoms. The predicted octanol–water partition coefficient (Wildman–Crippen LogP) is 3.82. The number of amides is 1. The molecular weight excluding hydrogens is 441 g/mol. The second-order valence-electron chi connectivity index (χ2n) is 7.24. The van der Waals surface area contributed by atoms with Crippen molar-refractivity contribution in [1.82, 2.24) is 14.9 Å². The lowest BCUT2D eigenvalue weighted by Gasteiger charge is -2.36. The summed E-state index contributed by atoms with van der Waals surface area (Å²) in [6.07, 6.45) is -0.354. The Kier molecular flexibility index (Phi) is 5.36. The molecule has 2 N–H and O–H groups in total. The highest BCUT2D eigenvalue weighted by Gasteiger charge is 2.28. The van der Waals surface area contributed by atoms with E-state index in [0.717, 1.165) is 0 Å². The lowest BCUT2D eigenvalue weighted by molar-refractivity contribution is 0.0240. The molecule has 1 aromatic heterocycles. The molecule has 1 amide bonds. The number of nitrogens with zero attached hydrogens (tertiary/aromatic N) is 4. The van der Waals surface area contributed by atoms with E-state index in [1.165, 1.54) is 0 Å². The Labute approximate surface area is 169 Å². The van der Waals surface area contributed by atoms with Gasteiger partial charge in [-0.1, -0.05) is 11.6 Å². The summed E-state index contributed by atoms with van der Waals surface area (Å²) in [5.41, 5.74) is 5.34. The van der Waals surface area contributed by atoms with Crippen LogP contribution in [0, 0.1) is 5.82 Å². The van der Waals surface area contributed by atoms with E-state index < -0.39 is 11.4 Å². The summed E-state index contributed by atoms with van der Waals surface area (Å²) in [5, 5.41) is 0.697. The summed E-state index contributed by atoms with van der Waals surface area (Å²) >= 11 is 9.22. The number of aromatic nitrogens is 2. The molecular formula is C17H20BrClFN5O2. The average Bonchev–Trinajstić information content (AvgIpc) is 2.59. The van der Waals surface area contributed by atoms with Gasteiger partial charge in [-0.3, -0.25) is 0 Å². The molecule has 1 saturated heterocycles. The summed E-state index contributed by atoms with van der Waals surface area (Å²) < 4.78 is 20.1. The van der Waals surface area contributed by atoms with Crippen LogP contribution in [-0.4, -0.2) is 52.7 Å². The standard InChI is InChI=1S/C17H20BrClFN5O2/c1-17(2,3)27-16(26)25-6-4-24(5-7-25)14-9-8-10(19)11(18)12(20)13(9)22-15(21)23-14/h8H,4-7H2,1-3H3,(H2,21,22,23). The van der Waals surface area contributed by atoms with Gasteiger partial charge in [0.2, 0.25) is 5.95 Å². The van der Waals surface area contributed by atoms with Crippen molar-refractivity contribution in [2.45, 2.75) is 26.4 Å². The summed E-state index contributed by atoms with van der Waals surface area (Å²) in [6, 6.07) is 1.61. The molecule has 0 bridgehead atoms. The minimum Gasteiger partial charge on any atom is -0.444 e. The highest BCUT2D eigenvalue weighted by molar-refractivity contribution is 9.10. The number of carbonyl (C=O) groups excluding carboxylic acids is 1. The summed E-state index contributed by atoms with van der Waals surface area (Å²) in [7, 11) is 0. The van der Waals surface area contributed by atoms with Crippen LogP contribution in [0.5, 0.6) is 0 Å². The first-order chi connectivity index (χ1) is 12.6. The van der Waals surface area contributed by atoms with Gasteiger partial charge in [0.05, 0.1) is 9.50 Å². The molecule has 0 atom stereocenters. The average molecular weight is 461 g/mol. The van der Waals surface area contributed by atoms with E-state index in [1.807, 2.05) is 25.7 Å². The number of rotatable bonds is 1. The third-order valence-corrected chi connectivity index (χ3v) is 5.36. The highest BCUT2D eigenvalue weighted by Crippen LogP contribution is 2.35. The Morgan fingerprint density at radius 1 is 1.30 bits per heavy atom. The maximum absolute atomic E-state index is 14.5. The van der Waals surface area contributed by atoms with Gasteiger partial charge in [-0.25, -0.2) is 14.2 Å². The molecule has 2 aromatic rings. The minimum atomic E-state index is -0.583. The summed E-state index contributed by atoms with van der Waals surface area (Å²) in [5.74, 6) is -0.116. The van der Waals surface area contributed by atoms with Crippen molar-refractivity contribution < 1.29 is 13.9 Å². The van der Waals surface area contributed by atoms with Crippen molar-refractivity contribution >= 4 is 56.3 Å². The van der Waals surface area contributed by atoms with E-state index in [9.17, 15) is 9.18 Å². The zero-order valence-corrected chi connectivity index (χ0v) is 17.6. The first kappa shape index (κ1) is 19.9. The molecule has 146 valence electrons. The van der Waals surface area contributed by atoms with Crippen LogP contribution in [0.2, 0.25) is 5.02 Å². The largest absolute Gasteiger partial charge is 0.444 e. The topological polar surface area (TPSA) is 84.6 Å². The Bertz CT molecular complexity index is 897. The van der Waals surface area contributed by atoms with Gasteiger partial charge >= 0.3 is 6.09 Å². The molecule has 0 aliphatic carbocycles. The lowest BCUT2D eigenvalue weighted by atomic mass is 10.2. The molecule has 0 spiro atoms. The van der Waals surface area contributed by atoms with Crippen LogP contribution >= 0.6 is 27.5 Å². The second kappa shape index (κ2) is 7.27. The molecule has 1 fully saturated rings. The smallest absolute Gasteiger partial charge is 0.410 e. The Balaban J connectivity index is 1.86. The van der Waals surface area contributed by atoms with Crippen molar-refractivity contribution in [3.05, 3.63) is 21.4 Å². The van der Waals surface area contributed by atoms with Crippen molar-refractivity contribution in [2.24, 2.45) is 0 Å². The zero-order chi connectivity index (χ0) is 19.9. The van der Waals surface area contributed by atoms with Gasteiger partial charge in [0, 0.05) is 31.6 Å². The summed E-state index contributed by atoms with van der Waals surface area (Å²) in [6.45, 7) is 7.38. The van der Waals surface area contributed by atoms with Crippen LogP contribution in [0.25, 0.3) is 10.9 Å². The number of halogens is 3. The fourth-order valence-electron chi connectivity index (χ4n) is 2.84. The van der Waals surface area contributed by atoms with Crippen molar-refractivity contribution in [3.8, 4) is 0 Å². The van der Waals surface area contributed by atoms with Crippen molar-refractivity contribution in [2.75, 3.05) is 36.8 Å². The number of anilines is 2. The predicted molar refractivity (Wildman–Crippen MR) is 107 cm³/mol. The van der Waals surface area contributed by atoms with E-state index >= 15 is 0 Å². The maximum Gasteiger partial charge on any atom is 0.410 e. The van der Waals surface area contributed by atoms with E-state index in [0.29, 0.717) is 37.4 Å². The second-order valence-corrected chi connectivity index (χ2v) is 8.44. The molecule has 7 nitrogen and oxygen atoms in total. The van der Waals surface area contributed by atoms with Gasteiger partial charge in [-0.15, -0.1) is 0 Å². The van der Waals surface area contributed by atoms with Gasteiger partial charge in [-0.2, -0.15) is 4.98 Å². The van der Waals surface area contributed by atoms with Crippen molar-refractivity contribution in [1.29, 1.82) is 0 Å². The van der Waals surface area contributed by atoms with E-state index in [2.05, 4.69) is 25.9 Å². The Morgan fingerprint density at radius 3 is 2.52 bits per heavy atom. The maximum atomic E-state index is 14.5. The van der Waals surface area contributed by atoms with Crippen LogP contribution in [0.1, 0.15) is 20.8 Å². The molecule has 27 heavy (non-hydrogen) atoms. The Hall–Kier alpha value is -1.87. The van der Waals surface area contributed by atoms with Gasteiger partial charge in [-0.05, 0) is 42.8 Å². The number of hydrogen-bond donors (Lipinski definition) is 1. The number of hydrogen-bond acceptors (Lipinski definition) is 6. The van der Waals surface area contributed by atoms with Gasteiger partial charge in [0.1, 0.15) is 16.9 Å². The minimum absolute atomic E-state index is 0.0276. The molecule has 0 saturated carbocycles. The zero-order valence-electron chi connectivity index (χ0n) is 15.2. The molecule has 1 aromatic carbocycles. The molecule has 2 heterocycles. The first-order valence-electron chi connectivity index (χ1n) is 8.40. The van der Waals surface area contributed by atoms with E-state index in [4.69, 9.17) is 22.1 Å². The molecule has 0 unspecified atom stereocenters. The molecule has 1 aliphatic heterocycles. The number of piperazine rings is 1. The van der Waals surface area contributed by atoms with E-state index in [1.54, 1.807) is 11.0 Å². The van der Waals surface area contributed by atoms with Crippen LogP contribution in [0.15, 0.2) is 10.5 Å². The third kappa shape index (κ3) is 4.19. The monoisotopic (exact) mass is 459 g/mol. The van der Waals surface area contributed by atoms with Gasteiger partial charge < -0.3 is 20.3 Å². The summed E-state index contributed by atoms with van der Waals surface area (Å²) in [4.78, 5) is 24.1. The number of benzene rings is 1. The van der Waals surface area contributed by atoms with Gasteiger partial charge in [0.25, 0.3) is 0 Å². The quantitative estimate of drug-likeness (QED) is 0.651. The fourth-order valence-corrected chi connectivity index (χ4v) is 3.34. The lowest BCUT2D eigenvalue weighted by Crippen LogP contribution is -2.50. The van der Waals surface area contributed by atoms with E-state index in [-0.39, 0.29) is 27.1 Å². The number of ether oxygens (including phenoxy) is 1. The van der Waals surface area contributed by atoms with Crippen LogP contribution in [0.4, 0.5) is 21.0 Å². The fraction of sp³-hybridized carbons (Fsp3) is 0.471. The SMILES string of the molecule is CC(C)(C)OC(=O)N1CCN(c2nc(N)nc3c(F)c(Br)c(Cl)cc23)CC1. The van der Waals surface area contributed by atoms with Crippen LogP contribution < -0.4 is 10.6 Å². The van der Waals surface area contributed by atoms with Gasteiger partial charge in [0.15, 0.2) is 5.82 Å². The number of nitrogen functional groups attached to an aromatic ring is 1. The van der Waals surface area contributed by atoms with Crippen LogP contribution in [0.3, 0.4) is 0 Å². The normalized spacial score (nSPS) is 15.3. The molecule has 3 rings (SSSR count). The molecule has 0 radical (unpaired) electrons. The number of fused-ring (bicyclic) bond motifs is 1.